The third-order valence-corrected chi connectivity index (χ3v) is 18.7. The molecule has 70 heavy (non-hydrogen) atoms. The van der Waals surface area contributed by atoms with Crippen LogP contribution in [0.15, 0.2) is 182 Å². The van der Waals surface area contributed by atoms with Crippen molar-refractivity contribution in [2.75, 3.05) is 4.90 Å². The lowest BCUT2D eigenvalue weighted by Gasteiger charge is -2.57. The summed E-state index contributed by atoms with van der Waals surface area (Å²) >= 11 is 0. The number of nitriles is 1. The summed E-state index contributed by atoms with van der Waals surface area (Å²) < 4.78 is 2.63. The topological polar surface area (TPSA) is 32.0 Å². The Morgan fingerprint density at radius 2 is 1.17 bits per heavy atom. The molecule has 0 saturated heterocycles. The molecule has 9 aromatic rings. The Morgan fingerprint density at radius 3 is 1.91 bits per heavy atom. The molecule has 4 heteroatoms. The third-order valence-electron chi connectivity index (χ3n) is 18.7. The molecule has 0 radical (unpaired) electrons. The highest BCUT2D eigenvalue weighted by Crippen LogP contribution is 2.61. The van der Waals surface area contributed by atoms with Crippen LogP contribution in [0, 0.1) is 29.1 Å². The van der Waals surface area contributed by atoms with Crippen LogP contribution in [0.1, 0.15) is 115 Å². The van der Waals surface area contributed by atoms with E-state index in [0.29, 0.717) is 16.9 Å². The molecule has 5 fully saturated rings. The minimum absolute atomic E-state index is 0.0584. The fraction of sp³-hybridized carbons (Fsp3) is 0.258. The first-order valence-electron chi connectivity index (χ1n) is 26.5. The van der Waals surface area contributed by atoms with E-state index in [4.69, 9.17) is 0 Å². The molecule has 5 aliphatic carbocycles. The number of nitrogens with zero attached hydrogens (tertiary/aromatic N) is 3. The Labute approximate surface area is 412 Å². The van der Waals surface area contributed by atoms with Crippen LogP contribution in [0.2, 0.25) is 0 Å². The molecule has 16 rings (SSSR count). The van der Waals surface area contributed by atoms with E-state index in [2.05, 4.69) is 185 Å². The van der Waals surface area contributed by atoms with Crippen molar-refractivity contribution >= 4 is 62.0 Å². The zero-order valence-corrected chi connectivity index (χ0v) is 39.8. The van der Waals surface area contributed by atoms with Crippen LogP contribution in [-0.4, -0.2) is 11.3 Å². The molecule has 1 aromatic heterocycles. The first-order valence-corrected chi connectivity index (χ1v) is 26.5. The van der Waals surface area contributed by atoms with E-state index in [-0.39, 0.29) is 6.71 Å². The maximum Gasteiger partial charge on any atom is 0.247 e. The minimum Gasteiger partial charge on any atom is -0.310 e. The first kappa shape index (κ1) is 40.8. The number of anilines is 3. The van der Waals surface area contributed by atoms with Gasteiger partial charge in [0.15, 0.2) is 0 Å². The molecular formula is C66H56BN3. The highest BCUT2D eigenvalue weighted by molar-refractivity contribution is 6.99. The van der Waals surface area contributed by atoms with Gasteiger partial charge in [0.1, 0.15) is 6.07 Å². The van der Waals surface area contributed by atoms with E-state index in [1.54, 1.807) is 5.56 Å². The Bertz CT molecular complexity index is 3530. The number of hydrogen-bond donors (Lipinski definition) is 0. The average molecular weight is 902 g/mol. The van der Waals surface area contributed by atoms with E-state index in [1.165, 1.54) is 142 Å². The van der Waals surface area contributed by atoms with E-state index >= 15 is 0 Å². The van der Waals surface area contributed by atoms with Crippen molar-refractivity contribution in [2.45, 2.75) is 87.4 Å². The monoisotopic (exact) mass is 901 g/mol. The van der Waals surface area contributed by atoms with Crippen molar-refractivity contribution in [2.24, 2.45) is 17.8 Å². The second-order valence-electron chi connectivity index (χ2n) is 22.3. The Balaban J connectivity index is 1.00. The predicted octanol–water partition coefficient (Wildman–Crippen LogP) is 14.2. The van der Waals surface area contributed by atoms with Gasteiger partial charge in [-0.15, -0.1) is 0 Å². The highest BCUT2D eigenvalue weighted by Gasteiger charge is 2.53. The molecule has 5 saturated carbocycles. The maximum absolute atomic E-state index is 10.8. The van der Waals surface area contributed by atoms with Gasteiger partial charge in [-0.25, -0.2) is 0 Å². The van der Waals surface area contributed by atoms with Gasteiger partial charge in [-0.2, -0.15) is 5.26 Å². The summed E-state index contributed by atoms with van der Waals surface area (Å²) in [6, 6.07) is 71.9. The molecule has 8 aromatic carbocycles. The lowest BCUT2D eigenvalue weighted by Crippen LogP contribution is -2.65. The van der Waals surface area contributed by atoms with Crippen LogP contribution in [0.3, 0.4) is 0 Å². The van der Waals surface area contributed by atoms with Crippen LogP contribution in [0.4, 0.5) is 17.1 Å². The maximum atomic E-state index is 10.8. The van der Waals surface area contributed by atoms with Crippen LogP contribution in [0.5, 0.6) is 0 Å². The standard InChI is InChI=1S/C66H56BN3/c68-42-48-17-10-13-25-59(48)70-61-32-29-52(38-58(61)67-57-24-12-11-22-55(57)66(49-18-6-2-7-19-49,50-20-8-3-9-21-50)56-23-14-26-62(70)64(56)67)69-60-31-28-51(65-39-43-33-44(40-65)35-45(34-43)41-65)37-54(60)53-30-27-47(36-63(53)69)46-15-4-1-5-16-46/h2-3,6-14,17-32,36-38,43-46H,1,4-5,15-16,33-35,39-41H2. The number of rotatable bonds is 6. The summed E-state index contributed by atoms with van der Waals surface area (Å²) in [5.41, 5.74) is 19.4. The third kappa shape index (κ3) is 5.76. The van der Waals surface area contributed by atoms with Crippen LogP contribution in [0.25, 0.3) is 27.5 Å². The highest BCUT2D eigenvalue weighted by atomic mass is 15.2. The van der Waals surface area contributed by atoms with Crippen molar-refractivity contribution < 1.29 is 0 Å². The first-order chi connectivity index (χ1) is 34.6. The van der Waals surface area contributed by atoms with Crippen LogP contribution < -0.4 is 21.3 Å². The van der Waals surface area contributed by atoms with E-state index in [1.807, 2.05) is 12.1 Å². The zero-order chi connectivity index (χ0) is 46.1. The number of para-hydroxylation sites is 1. The molecule has 0 unspecified atom stereocenters. The van der Waals surface area contributed by atoms with Gasteiger partial charge in [0.25, 0.3) is 0 Å². The molecule has 0 spiro atoms. The number of aromatic nitrogens is 1. The summed E-state index contributed by atoms with van der Waals surface area (Å²) in [5.74, 6) is 3.31. The average Bonchev–Trinajstić information content (AvgIpc) is 3.75. The van der Waals surface area contributed by atoms with Gasteiger partial charge in [-0.1, -0.05) is 152 Å². The second-order valence-corrected chi connectivity index (χ2v) is 22.3. The molecular weight excluding hydrogens is 846 g/mol. The lowest BCUT2D eigenvalue weighted by molar-refractivity contribution is -0.00512. The Hall–Kier alpha value is -7.09. The van der Waals surface area contributed by atoms with Crippen LogP contribution >= 0.6 is 0 Å². The van der Waals surface area contributed by atoms with Gasteiger partial charge in [0, 0.05) is 27.8 Å². The van der Waals surface area contributed by atoms with Crippen LogP contribution in [-0.2, 0) is 10.8 Å². The van der Waals surface area contributed by atoms with E-state index in [0.717, 1.165) is 34.8 Å². The zero-order valence-electron chi connectivity index (χ0n) is 39.8. The quantitative estimate of drug-likeness (QED) is 0.156. The lowest BCUT2D eigenvalue weighted by atomic mass is 9.29. The van der Waals surface area contributed by atoms with Gasteiger partial charge in [-0.05, 0) is 179 Å². The van der Waals surface area contributed by atoms with E-state index in [9.17, 15) is 5.26 Å². The van der Waals surface area contributed by atoms with Crippen molar-refractivity contribution in [3.8, 4) is 11.8 Å². The number of fused-ring (bicyclic) bond motifs is 7. The Kier molecular flexibility index (Phi) is 9.00. The van der Waals surface area contributed by atoms with E-state index < -0.39 is 5.41 Å². The van der Waals surface area contributed by atoms with Crippen molar-refractivity contribution in [1.82, 2.24) is 4.57 Å². The SMILES string of the molecule is N#Cc1ccccc1N1c2ccc(-n3c4ccc(C56CC7CC(CC(C7)C5)C6)cc4c4ccc(C5CCCCC5)cc43)cc2B2c3ccccc3C(c3ccccc3)(c3ccccc3)c3cccc1c32. The fourth-order valence-corrected chi connectivity index (χ4v) is 16.3. The van der Waals surface area contributed by atoms with Crippen molar-refractivity contribution in [3.05, 3.63) is 221 Å². The minimum atomic E-state index is -0.590. The molecule has 338 valence electrons. The molecule has 2 aliphatic heterocycles. The Morgan fingerprint density at radius 1 is 0.500 bits per heavy atom. The van der Waals surface area contributed by atoms with Gasteiger partial charge in [-0.3, -0.25) is 0 Å². The van der Waals surface area contributed by atoms with Crippen molar-refractivity contribution in [1.29, 1.82) is 5.26 Å². The molecule has 3 nitrogen and oxygen atoms in total. The largest absolute Gasteiger partial charge is 0.310 e. The molecule has 0 N–H and O–H groups in total. The molecule has 7 aliphatic rings. The second kappa shape index (κ2) is 15.5. The normalized spacial score (nSPS) is 22.7. The van der Waals surface area contributed by atoms with Gasteiger partial charge >= 0.3 is 0 Å². The van der Waals surface area contributed by atoms with Gasteiger partial charge in [0.2, 0.25) is 6.71 Å². The summed E-state index contributed by atoms with van der Waals surface area (Å²) in [6.45, 7) is -0.0584. The van der Waals surface area contributed by atoms with Gasteiger partial charge < -0.3 is 9.47 Å². The summed E-state index contributed by atoms with van der Waals surface area (Å²) in [6.07, 6.45) is 15.0. The molecule has 3 heterocycles. The summed E-state index contributed by atoms with van der Waals surface area (Å²) in [5, 5.41) is 13.6. The van der Waals surface area contributed by atoms with Crippen molar-refractivity contribution in [3.63, 3.8) is 0 Å². The molecule has 0 amide bonds. The molecule has 0 atom stereocenters. The van der Waals surface area contributed by atoms with Gasteiger partial charge in [0.05, 0.1) is 27.7 Å². The summed E-state index contributed by atoms with van der Waals surface area (Å²) in [7, 11) is 0. The fourth-order valence-electron chi connectivity index (χ4n) is 16.3. The smallest absolute Gasteiger partial charge is 0.247 e. The molecule has 4 bridgehead atoms. The summed E-state index contributed by atoms with van der Waals surface area (Å²) in [4.78, 5) is 2.41. The predicted molar refractivity (Wildman–Crippen MR) is 289 cm³/mol. The number of hydrogen-bond acceptors (Lipinski definition) is 2. The number of benzene rings is 8.